The first-order valence-corrected chi connectivity index (χ1v) is 9.54. The summed E-state index contributed by atoms with van der Waals surface area (Å²) in [6, 6.07) is 4.90. The van der Waals surface area contributed by atoms with Crippen LogP contribution in [0.15, 0.2) is 22.7 Å². The molecule has 138 valence electrons. The summed E-state index contributed by atoms with van der Waals surface area (Å²) in [5.74, 6) is 0.565. The number of benzene rings is 1. The summed E-state index contributed by atoms with van der Waals surface area (Å²) in [6.45, 7) is 0.642. The zero-order valence-corrected chi connectivity index (χ0v) is 15.2. The van der Waals surface area contributed by atoms with E-state index in [9.17, 15) is 9.18 Å². The number of aromatic nitrogens is 2. The third-order valence-electron chi connectivity index (χ3n) is 5.41. The average Bonchev–Trinajstić information content (AvgIpc) is 3.26. The second-order valence-electron chi connectivity index (χ2n) is 7.16. The Hall–Kier alpha value is -1.95. The molecule has 26 heavy (non-hydrogen) atoms. The predicted octanol–water partition coefficient (Wildman–Crippen LogP) is 4.10. The fraction of sp³-hybridized carbons (Fsp3) is 0.526. The highest BCUT2D eigenvalue weighted by atomic mass is 35.5. The Morgan fingerprint density at radius 2 is 2.08 bits per heavy atom. The van der Waals surface area contributed by atoms with Crippen molar-refractivity contribution in [1.29, 1.82) is 0 Å². The first-order valence-electron chi connectivity index (χ1n) is 9.16. The molecular formula is C19H21ClFN3O2. The van der Waals surface area contributed by atoms with E-state index in [1.807, 2.05) is 4.90 Å². The molecule has 1 aliphatic heterocycles. The second-order valence-corrected chi connectivity index (χ2v) is 7.57. The SMILES string of the molecule is O=C1CC(c2noc(Cc3c(F)cccc3Cl)n2)CN1C1CCCCC1. The molecule has 2 aliphatic rings. The molecule has 1 saturated carbocycles. The Bertz CT molecular complexity index is 784. The minimum Gasteiger partial charge on any atom is -0.339 e. The van der Waals surface area contributed by atoms with Crippen molar-refractivity contribution in [3.05, 3.63) is 46.3 Å². The van der Waals surface area contributed by atoms with Gasteiger partial charge in [-0.2, -0.15) is 4.98 Å². The van der Waals surface area contributed by atoms with Gasteiger partial charge in [0.1, 0.15) is 5.82 Å². The van der Waals surface area contributed by atoms with E-state index >= 15 is 0 Å². The highest BCUT2D eigenvalue weighted by molar-refractivity contribution is 6.31. The first-order chi connectivity index (χ1) is 12.6. The molecular weight excluding hydrogens is 357 g/mol. The smallest absolute Gasteiger partial charge is 0.231 e. The van der Waals surface area contributed by atoms with Crippen molar-refractivity contribution >= 4 is 17.5 Å². The molecule has 2 fully saturated rings. The third kappa shape index (κ3) is 3.47. The number of carbonyl (C=O) groups excluding carboxylic acids is 1. The molecule has 1 aromatic carbocycles. The van der Waals surface area contributed by atoms with Gasteiger partial charge >= 0.3 is 0 Å². The van der Waals surface area contributed by atoms with Crippen molar-refractivity contribution in [1.82, 2.24) is 15.0 Å². The summed E-state index contributed by atoms with van der Waals surface area (Å²) in [7, 11) is 0. The molecule has 0 spiro atoms. The molecule has 1 unspecified atom stereocenters. The van der Waals surface area contributed by atoms with E-state index in [-0.39, 0.29) is 18.2 Å². The molecule has 0 radical (unpaired) electrons. The van der Waals surface area contributed by atoms with E-state index in [0.717, 1.165) is 12.8 Å². The van der Waals surface area contributed by atoms with E-state index in [0.29, 0.717) is 41.3 Å². The van der Waals surface area contributed by atoms with Crippen LogP contribution >= 0.6 is 11.6 Å². The van der Waals surface area contributed by atoms with Gasteiger partial charge in [0.25, 0.3) is 0 Å². The molecule has 1 saturated heterocycles. The predicted molar refractivity (Wildman–Crippen MR) is 94.5 cm³/mol. The highest BCUT2D eigenvalue weighted by Gasteiger charge is 2.37. The fourth-order valence-electron chi connectivity index (χ4n) is 4.01. The minimum absolute atomic E-state index is 0.0574. The topological polar surface area (TPSA) is 59.2 Å². The quantitative estimate of drug-likeness (QED) is 0.804. The summed E-state index contributed by atoms with van der Waals surface area (Å²) in [6.07, 6.45) is 6.36. The van der Waals surface area contributed by atoms with Crippen molar-refractivity contribution in [2.45, 2.75) is 56.9 Å². The molecule has 0 N–H and O–H groups in total. The lowest BCUT2D eigenvalue weighted by atomic mass is 9.94. The number of hydrogen-bond donors (Lipinski definition) is 0. The minimum atomic E-state index is -0.392. The Labute approximate surface area is 156 Å². The zero-order chi connectivity index (χ0) is 18.1. The van der Waals surface area contributed by atoms with Gasteiger partial charge in [0.05, 0.1) is 6.42 Å². The van der Waals surface area contributed by atoms with Crippen LogP contribution in [-0.2, 0) is 11.2 Å². The zero-order valence-electron chi connectivity index (χ0n) is 14.5. The maximum absolute atomic E-state index is 13.9. The van der Waals surface area contributed by atoms with Crippen LogP contribution in [0.2, 0.25) is 5.02 Å². The monoisotopic (exact) mass is 377 g/mol. The van der Waals surface area contributed by atoms with Gasteiger partial charge in [-0.15, -0.1) is 0 Å². The maximum atomic E-state index is 13.9. The number of hydrogen-bond acceptors (Lipinski definition) is 4. The summed E-state index contributed by atoms with van der Waals surface area (Å²) >= 11 is 6.06. The van der Waals surface area contributed by atoms with E-state index < -0.39 is 5.82 Å². The van der Waals surface area contributed by atoms with Gasteiger partial charge in [-0.25, -0.2) is 4.39 Å². The highest BCUT2D eigenvalue weighted by Crippen LogP contribution is 2.32. The second kappa shape index (κ2) is 7.35. The molecule has 1 atom stereocenters. The van der Waals surface area contributed by atoms with Crippen LogP contribution in [0.1, 0.15) is 61.7 Å². The summed E-state index contributed by atoms with van der Waals surface area (Å²) in [5.41, 5.74) is 0.343. The number of halogens is 2. The fourth-order valence-corrected chi connectivity index (χ4v) is 4.24. The molecule has 4 rings (SSSR count). The number of likely N-dealkylation sites (tertiary alicyclic amines) is 1. The average molecular weight is 378 g/mol. The Kier molecular flexibility index (Phi) is 4.94. The summed E-state index contributed by atoms with van der Waals surface area (Å²) in [4.78, 5) is 18.8. The van der Waals surface area contributed by atoms with Gasteiger partial charge in [-0.05, 0) is 25.0 Å². The number of rotatable bonds is 4. The molecule has 1 aliphatic carbocycles. The molecule has 1 aromatic heterocycles. The molecule has 1 amide bonds. The molecule has 2 aromatic rings. The van der Waals surface area contributed by atoms with Crippen molar-refractivity contribution in [2.75, 3.05) is 6.54 Å². The van der Waals surface area contributed by atoms with Crippen molar-refractivity contribution in [3.63, 3.8) is 0 Å². The van der Waals surface area contributed by atoms with Gasteiger partial charge in [-0.3, -0.25) is 4.79 Å². The molecule has 5 nitrogen and oxygen atoms in total. The van der Waals surface area contributed by atoms with Crippen molar-refractivity contribution in [3.8, 4) is 0 Å². The van der Waals surface area contributed by atoms with E-state index in [1.54, 1.807) is 12.1 Å². The maximum Gasteiger partial charge on any atom is 0.231 e. The van der Waals surface area contributed by atoms with Crippen LogP contribution < -0.4 is 0 Å². The van der Waals surface area contributed by atoms with Crippen LogP contribution in [0.5, 0.6) is 0 Å². The summed E-state index contributed by atoms with van der Waals surface area (Å²) in [5, 5.41) is 4.37. The van der Waals surface area contributed by atoms with Crippen molar-refractivity contribution in [2.24, 2.45) is 0 Å². The van der Waals surface area contributed by atoms with E-state index in [4.69, 9.17) is 16.1 Å². The molecule has 2 heterocycles. The Balaban J connectivity index is 1.46. The van der Waals surface area contributed by atoms with Crippen LogP contribution in [0.3, 0.4) is 0 Å². The summed E-state index contributed by atoms with van der Waals surface area (Å²) < 4.78 is 19.2. The molecule has 0 bridgehead atoms. The lowest BCUT2D eigenvalue weighted by molar-refractivity contribution is -0.130. The Morgan fingerprint density at radius 3 is 2.85 bits per heavy atom. The van der Waals surface area contributed by atoms with Crippen LogP contribution in [0, 0.1) is 5.82 Å². The third-order valence-corrected chi connectivity index (χ3v) is 5.77. The largest absolute Gasteiger partial charge is 0.339 e. The van der Waals surface area contributed by atoms with E-state index in [1.165, 1.54) is 25.3 Å². The standard InChI is InChI=1S/C19H21ClFN3O2/c20-15-7-4-8-16(21)14(15)10-17-22-19(23-26-17)12-9-18(25)24(11-12)13-5-2-1-3-6-13/h4,7-8,12-13H,1-3,5-6,9-11H2. The van der Waals surface area contributed by atoms with Gasteiger partial charge in [0, 0.05) is 35.5 Å². The number of nitrogens with zero attached hydrogens (tertiary/aromatic N) is 3. The van der Waals surface area contributed by atoms with Crippen molar-refractivity contribution < 1.29 is 13.7 Å². The lowest BCUT2D eigenvalue weighted by Gasteiger charge is -2.31. The van der Waals surface area contributed by atoms with Gasteiger partial charge in [-0.1, -0.05) is 42.1 Å². The normalized spacial score (nSPS) is 21.5. The lowest BCUT2D eigenvalue weighted by Crippen LogP contribution is -2.37. The first kappa shape index (κ1) is 17.5. The van der Waals surface area contributed by atoms with Crippen LogP contribution in [0.25, 0.3) is 0 Å². The molecule has 7 heteroatoms. The van der Waals surface area contributed by atoms with E-state index in [2.05, 4.69) is 10.1 Å². The van der Waals surface area contributed by atoms with Gasteiger partial charge < -0.3 is 9.42 Å². The van der Waals surface area contributed by atoms with Crippen LogP contribution in [0.4, 0.5) is 4.39 Å². The van der Waals surface area contributed by atoms with Gasteiger partial charge in [0.2, 0.25) is 11.8 Å². The van der Waals surface area contributed by atoms with Gasteiger partial charge in [0.15, 0.2) is 5.82 Å². The van der Waals surface area contributed by atoms with Crippen LogP contribution in [-0.4, -0.2) is 33.5 Å². The Morgan fingerprint density at radius 1 is 1.27 bits per heavy atom. The number of amides is 1. The number of carbonyl (C=O) groups is 1.